The Labute approximate surface area is 139 Å². The zero-order valence-corrected chi connectivity index (χ0v) is 13.7. The molecule has 0 radical (unpaired) electrons. The molecule has 2 amide bonds. The third-order valence-electron chi connectivity index (χ3n) is 3.56. The van der Waals surface area contributed by atoms with Crippen LogP contribution < -0.4 is 10.6 Å². The van der Waals surface area contributed by atoms with Crippen molar-refractivity contribution in [3.63, 3.8) is 0 Å². The summed E-state index contributed by atoms with van der Waals surface area (Å²) in [6.45, 7) is 2.67. The molecule has 1 fully saturated rings. The summed E-state index contributed by atoms with van der Waals surface area (Å²) in [7, 11) is 0. The molecule has 0 aliphatic heterocycles. The van der Waals surface area contributed by atoms with Crippen molar-refractivity contribution < 1.29 is 23.9 Å². The van der Waals surface area contributed by atoms with Crippen molar-refractivity contribution in [2.24, 2.45) is 0 Å². The van der Waals surface area contributed by atoms with Gasteiger partial charge in [-0.25, -0.2) is 4.79 Å². The number of ether oxygens (including phenoxy) is 1. The van der Waals surface area contributed by atoms with Crippen LogP contribution in [-0.2, 0) is 19.1 Å². The third kappa shape index (κ3) is 4.91. The van der Waals surface area contributed by atoms with Crippen LogP contribution >= 0.6 is 0 Å². The van der Waals surface area contributed by atoms with Gasteiger partial charge in [-0.2, -0.15) is 0 Å². The molecule has 2 rings (SSSR count). The summed E-state index contributed by atoms with van der Waals surface area (Å²) >= 11 is 0. The van der Waals surface area contributed by atoms with Gasteiger partial charge in [0.05, 0.1) is 5.56 Å². The quantitative estimate of drug-likeness (QED) is 0.824. The van der Waals surface area contributed by atoms with E-state index in [9.17, 15) is 19.2 Å². The molecule has 1 aromatic carbocycles. The van der Waals surface area contributed by atoms with Crippen LogP contribution in [0.4, 0.5) is 11.4 Å². The summed E-state index contributed by atoms with van der Waals surface area (Å²) in [4.78, 5) is 46.6. The number of esters is 1. The normalized spacial score (nSPS) is 17.1. The molecule has 1 aliphatic rings. The van der Waals surface area contributed by atoms with Crippen molar-refractivity contribution in [2.45, 2.75) is 45.6 Å². The zero-order chi connectivity index (χ0) is 17.7. The predicted octanol–water partition coefficient (Wildman–Crippen LogP) is 2.27. The lowest BCUT2D eigenvalue weighted by Gasteiger charge is -2.21. The first kappa shape index (κ1) is 17.7. The van der Waals surface area contributed by atoms with Crippen LogP contribution in [0.25, 0.3) is 0 Å². The van der Waals surface area contributed by atoms with Crippen LogP contribution in [0.1, 0.15) is 49.9 Å². The van der Waals surface area contributed by atoms with E-state index in [-0.39, 0.29) is 23.2 Å². The highest BCUT2D eigenvalue weighted by Gasteiger charge is 2.26. The number of hydrogen-bond acceptors (Lipinski definition) is 5. The first-order chi connectivity index (χ1) is 11.3. The predicted molar refractivity (Wildman–Crippen MR) is 87.7 cm³/mol. The van der Waals surface area contributed by atoms with Crippen LogP contribution in [0.3, 0.4) is 0 Å². The molecule has 1 unspecified atom stereocenters. The number of benzene rings is 1. The Morgan fingerprint density at radius 1 is 1.00 bits per heavy atom. The molecule has 24 heavy (non-hydrogen) atoms. The number of nitrogens with one attached hydrogen (secondary N) is 2. The Bertz CT molecular complexity index is 649. The molecule has 128 valence electrons. The van der Waals surface area contributed by atoms with Gasteiger partial charge in [0.1, 0.15) is 0 Å². The Morgan fingerprint density at radius 2 is 1.58 bits per heavy atom. The standard InChI is InChI=1S/C17H20N2O5/c1-10(20)18-13-7-12(8-14(9-13)19-11(2)21)17(23)24-16-6-4-3-5-15(16)22/h7-9,16H,3-6H2,1-2H3,(H,18,20)(H,19,21). The molecule has 1 saturated carbocycles. The fraction of sp³-hybridized carbons (Fsp3) is 0.412. The number of ketones is 1. The van der Waals surface area contributed by atoms with Gasteiger partial charge < -0.3 is 15.4 Å². The van der Waals surface area contributed by atoms with Gasteiger partial charge in [-0.15, -0.1) is 0 Å². The molecular weight excluding hydrogens is 312 g/mol. The first-order valence-corrected chi connectivity index (χ1v) is 7.79. The molecule has 0 aromatic heterocycles. The molecule has 1 aromatic rings. The summed E-state index contributed by atoms with van der Waals surface area (Å²) in [5.74, 6) is -1.35. The fourth-order valence-electron chi connectivity index (χ4n) is 2.57. The maximum absolute atomic E-state index is 12.3. The number of hydrogen-bond donors (Lipinski definition) is 2. The van der Waals surface area contributed by atoms with Crippen LogP contribution in [0.5, 0.6) is 0 Å². The number of amides is 2. The van der Waals surface area contributed by atoms with Gasteiger partial charge in [0.2, 0.25) is 11.8 Å². The Kier molecular flexibility index (Phi) is 5.68. The monoisotopic (exact) mass is 332 g/mol. The van der Waals surface area contributed by atoms with Gasteiger partial charge in [-0.3, -0.25) is 14.4 Å². The highest BCUT2D eigenvalue weighted by molar-refractivity contribution is 5.98. The van der Waals surface area contributed by atoms with E-state index in [2.05, 4.69) is 10.6 Å². The molecule has 1 atom stereocenters. The van der Waals surface area contributed by atoms with Crippen molar-refractivity contribution >= 4 is 34.9 Å². The van der Waals surface area contributed by atoms with Gasteiger partial charge in [-0.05, 0) is 37.5 Å². The molecule has 0 saturated heterocycles. The first-order valence-electron chi connectivity index (χ1n) is 7.79. The summed E-state index contributed by atoms with van der Waals surface area (Å²) in [5.41, 5.74) is 0.870. The third-order valence-corrected chi connectivity index (χ3v) is 3.56. The van der Waals surface area contributed by atoms with Crippen LogP contribution in [-0.4, -0.2) is 29.7 Å². The minimum absolute atomic E-state index is 0.0744. The second-order valence-electron chi connectivity index (χ2n) is 5.77. The smallest absolute Gasteiger partial charge is 0.338 e. The van der Waals surface area contributed by atoms with Crippen LogP contribution in [0.2, 0.25) is 0 Å². The largest absolute Gasteiger partial charge is 0.451 e. The maximum Gasteiger partial charge on any atom is 0.338 e. The lowest BCUT2D eigenvalue weighted by Crippen LogP contribution is -2.30. The number of Topliss-reactive ketones (excluding diaryl/α,β-unsaturated/α-hetero) is 1. The van der Waals surface area contributed by atoms with Crippen molar-refractivity contribution in [2.75, 3.05) is 10.6 Å². The van der Waals surface area contributed by atoms with E-state index in [1.165, 1.54) is 32.0 Å². The topological polar surface area (TPSA) is 102 Å². The molecule has 1 aliphatic carbocycles. The van der Waals surface area contributed by atoms with E-state index in [0.29, 0.717) is 24.2 Å². The van der Waals surface area contributed by atoms with Gasteiger partial charge >= 0.3 is 5.97 Å². The van der Waals surface area contributed by atoms with Crippen molar-refractivity contribution in [3.05, 3.63) is 23.8 Å². The molecule has 2 N–H and O–H groups in total. The number of rotatable bonds is 4. The summed E-state index contributed by atoms with van der Waals surface area (Å²) < 4.78 is 5.30. The average Bonchev–Trinajstić information content (AvgIpc) is 2.48. The van der Waals surface area contributed by atoms with E-state index < -0.39 is 12.1 Å². The summed E-state index contributed by atoms with van der Waals surface area (Å²) in [6.07, 6.45) is 1.87. The van der Waals surface area contributed by atoms with Crippen molar-refractivity contribution in [3.8, 4) is 0 Å². The Hall–Kier alpha value is -2.70. The van der Waals surface area contributed by atoms with E-state index >= 15 is 0 Å². The summed E-state index contributed by atoms with van der Waals surface area (Å²) in [5, 5.41) is 5.12. The molecule has 7 nitrogen and oxygen atoms in total. The second-order valence-corrected chi connectivity index (χ2v) is 5.77. The van der Waals surface area contributed by atoms with Gasteiger partial charge in [0.25, 0.3) is 0 Å². The SMILES string of the molecule is CC(=O)Nc1cc(NC(C)=O)cc(C(=O)OC2CCCCC2=O)c1. The van der Waals surface area contributed by atoms with Gasteiger partial charge in [0.15, 0.2) is 11.9 Å². The van der Waals surface area contributed by atoms with E-state index in [1.54, 1.807) is 0 Å². The van der Waals surface area contributed by atoms with E-state index in [1.807, 2.05) is 0 Å². The molecule has 7 heteroatoms. The van der Waals surface area contributed by atoms with E-state index in [4.69, 9.17) is 4.74 Å². The second kappa shape index (κ2) is 7.72. The fourth-order valence-corrected chi connectivity index (χ4v) is 2.57. The lowest BCUT2D eigenvalue weighted by atomic mass is 9.96. The Morgan fingerprint density at radius 3 is 2.08 bits per heavy atom. The zero-order valence-electron chi connectivity index (χ0n) is 13.7. The highest BCUT2D eigenvalue weighted by Crippen LogP contribution is 2.23. The van der Waals surface area contributed by atoms with Gasteiger partial charge in [0, 0.05) is 31.6 Å². The maximum atomic E-state index is 12.3. The average molecular weight is 332 g/mol. The Balaban J connectivity index is 2.22. The summed E-state index contributed by atoms with van der Waals surface area (Å²) in [6, 6.07) is 4.43. The lowest BCUT2D eigenvalue weighted by molar-refractivity contribution is -0.130. The highest BCUT2D eigenvalue weighted by atomic mass is 16.5. The van der Waals surface area contributed by atoms with Crippen LogP contribution in [0.15, 0.2) is 18.2 Å². The molecule has 0 bridgehead atoms. The molecule has 0 heterocycles. The number of carbonyl (C=O) groups is 4. The minimum Gasteiger partial charge on any atom is -0.451 e. The number of anilines is 2. The van der Waals surface area contributed by atoms with Gasteiger partial charge in [-0.1, -0.05) is 0 Å². The van der Waals surface area contributed by atoms with Crippen molar-refractivity contribution in [1.82, 2.24) is 0 Å². The molecule has 0 spiro atoms. The van der Waals surface area contributed by atoms with Crippen molar-refractivity contribution in [1.29, 1.82) is 0 Å². The molecular formula is C17H20N2O5. The number of carbonyl (C=O) groups excluding carboxylic acids is 4. The minimum atomic E-state index is -0.722. The van der Waals surface area contributed by atoms with E-state index in [0.717, 1.165) is 12.8 Å². The van der Waals surface area contributed by atoms with Crippen LogP contribution in [0, 0.1) is 0 Å².